The van der Waals surface area contributed by atoms with Gasteiger partial charge in [-0.25, -0.2) is 9.97 Å². The normalized spacial score (nSPS) is 10.3. The second kappa shape index (κ2) is 8.43. The van der Waals surface area contributed by atoms with Gasteiger partial charge in [0, 0.05) is 28.2 Å². The second-order valence-corrected chi connectivity index (χ2v) is 6.57. The molecule has 1 heterocycles. The van der Waals surface area contributed by atoms with Gasteiger partial charge in [0.15, 0.2) is 11.6 Å². The monoisotopic (exact) mass is 388 g/mol. The Labute approximate surface area is 168 Å². The van der Waals surface area contributed by atoms with Crippen LogP contribution in [0.15, 0.2) is 54.6 Å². The molecule has 0 aliphatic heterocycles. The number of carbonyl (C=O) groups is 3. The van der Waals surface area contributed by atoms with E-state index in [9.17, 15) is 14.4 Å². The molecule has 0 saturated heterocycles. The first kappa shape index (κ1) is 19.9. The smallest absolute Gasteiger partial charge is 0.274 e. The molecule has 1 amide bonds. The van der Waals surface area contributed by atoms with E-state index in [0.717, 1.165) is 0 Å². The lowest BCUT2D eigenvalue weighted by molar-refractivity contribution is 0.100. The van der Waals surface area contributed by atoms with E-state index >= 15 is 0 Å². The lowest BCUT2D eigenvalue weighted by Gasteiger charge is -2.10. The summed E-state index contributed by atoms with van der Waals surface area (Å²) in [6.45, 7) is 4.74. The van der Waals surface area contributed by atoms with Gasteiger partial charge < -0.3 is 10.6 Å². The number of benzene rings is 2. The van der Waals surface area contributed by atoms with Crippen molar-refractivity contribution in [2.75, 3.05) is 10.6 Å². The van der Waals surface area contributed by atoms with Crippen LogP contribution in [-0.4, -0.2) is 27.4 Å². The molecule has 0 atom stereocenters. The highest BCUT2D eigenvalue weighted by Crippen LogP contribution is 2.17. The molecule has 29 heavy (non-hydrogen) atoms. The van der Waals surface area contributed by atoms with Crippen molar-refractivity contribution >= 4 is 34.8 Å². The molecular formula is C22H20N4O3. The average Bonchev–Trinajstić information content (AvgIpc) is 2.68. The standard InChI is InChI=1S/C22H20N4O3/c1-13-11-20(21(29)24-18-9-7-16(8-10-18)14(2)27)26-22(23-13)25-19-6-4-5-17(12-19)15(3)28/h4-12H,1-3H3,(H,24,29)(H,23,25,26). The third kappa shape index (κ3) is 5.10. The number of Topliss-reactive ketones (excluding diaryl/α,β-unsaturated/α-hetero) is 2. The van der Waals surface area contributed by atoms with Crippen molar-refractivity contribution in [3.8, 4) is 0 Å². The van der Waals surface area contributed by atoms with E-state index in [2.05, 4.69) is 20.6 Å². The number of aryl methyl sites for hydroxylation is 1. The summed E-state index contributed by atoms with van der Waals surface area (Å²) in [6, 6.07) is 15.2. The predicted molar refractivity (Wildman–Crippen MR) is 111 cm³/mol. The third-order valence-electron chi connectivity index (χ3n) is 4.16. The summed E-state index contributed by atoms with van der Waals surface area (Å²) in [5.74, 6) is -0.233. The van der Waals surface area contributed by atoms with Crippen molar-refractivity contribution < 1.29 is 14.4 Å². The van der Waals surface area contributed by atoms with Crippen LogP contribution in [0.5, 0.6) is 0 Å². The zero-order chi connectivity index (χ0) is 21.0. The molecule has 0 aliphatic rings. The zero-order valence-corrected chi connectivity index (χ0v) is 16.3. The summed E-state index contributed by atoms with van der Waals surface area (Å²) in [6.07, 6.45) is 0. The molecule has 3 aromatic rings. The van der Waals surface area contributed by atoms with E-state index in [1.165, 1.54) is 13.8 Å². The van der Waals surface area contributed by atoms with Crippen molar-refractivity contribution in [3.63, 3.8) is 0 Å². The van der Waals surface area contributed by atoms with Gasteiger partial charge in [-0.2, -0.15) is 0 Å². The van der Waals surface area contributed by atoms with Gasteiger partial charge in [-0.15, -0.1) is 0 Å². The number of ketones is 2. The Hall–Kier alpha value is -3.87. The summed E-state index contributed by atoms with van der Waals surface area (Å²) in [7, 11) is 0. The Morgan fingerprint density at radius 3 is 2.14 bits per heavy atom. The Morgan fingerprint density at radius 2 is 1.48 bits per heavy atom. The van der Waals surface area contributed by atoms with Gasteiger partial charge in [0.2, 0.25) is 5.95 Å². The van der Waals surface area contributed by atoms with Crippen LogP contribution in [0.1, 0.15) is 50.7 Å². The Balaban J connectivity index is 1.79. The van der Waals surface area contributed by atoms with Gasteiger partial charge >= 0.3 is 0 Å². The van der Waals surface area contributed by atoms with Crippen molar-refractivity contribution in [3.05, 3.63) is 77.1 Å². The van der Waals surface area contributed by atoms with E-state index in [1.807, 2.05) is 0 Å². The molecule has 0 bridgehead atoms. The molecule has 7 heteroatoms. The van der Waals surface area contributed by atoms with Crippen LogP contribution in [0.4, 0.5) is 17.3 Å². The van der Waals surface area contributed by atoms with Gasteiger partial charge in [-0.05, 0) is 63.2 Å². The maximum atomic E-state index is 12.6. The van der Waals surface area contributed by atoms with Crippen LogP contribution in [-0.2, 0) is 0 Å². The number of aromatic nitrogens is 2. The second-order valence-electron chi connectivity index (χ2n) is 6.57. The van der Waals surface area contributed by atoms with Crippen LogP contribution < -0.4 is 10.6 Å². The fraction of sp³-hybridized carbons (Fsp3) is 0.136. The largest absolute Gasteiger partial charge is 0.324 e. The topological polar surface area (TPSA) is 101 Å². The van der Waals surface area contributed by atoms with Crippen molar-refractivity contribution in [2.45, 2.75) is 20.8 Å². The minimum absolute atomic E-state index is 0.0427. The Morgan fingerprint density at radius 1 is 0.793 bits per heavy atom. The number of hydrogen-bond acceptors (Lipinski definition) is 6. The first-order chi connectivity index (χ1) is 13.8. The molecule has 0 saturated carbocycles. The lowest BCUT2D eigenvalue weighted by Crippen LogP contribution is -2.15. The van der Waals surface area contributed by atoms with Crippen LogP contribution >= 0.6 is 0 Å². The minimum Gasteiger partial charge on any atom is -0.324 e. The maximum Gasteiger partial charge on any atom is 0.274 e. The number of nitrogens with one attached hydrogen (secondary N) is 2. The molecule has 0 unspecified atom stereocenters. The number of carbonyl (C=O) groups excluding carboxylic acids is 3. The van der Waals surface area contributed by atoms with Gasteiger partial charge in [0.1, 0.15) is 5.69 Å². The third-order valence-corrected chi connectivity index (χ3v) is 4.16. The van der Waals surface area contributed by atoms with E-state index in [1.54, 1.807) is 61.5 Å². The van der Waals surface area contributed by atoms with E-state index in [0.29, 0.717) is 28.2 Å². The molecule has 146 valence electrons. The molecule has 0 aliphatic carbocycles. The molecular weight excluding hydrogens is 368 g/mol. The van der Waals surface area contributed by atoms with Crippen molar-refractivity contribution in [1.82, 2.24) is 9.97 Å². The zero-order valence-electron chi connectivity index (χ0n) is 16.3. The average molecular weight is 388 g/mol. The van der Waals surface area contributed by atoms with Gasteiger partial charge in [0.05, 0.1) is 0 Å². The van der Waals surface area contributed by atoms with Gasteiger partial charge in [-0.1, -0.05) is 12.1 Å². The Bertz CT molecular complexity index is 1090. The van der Waals surface area contributed by atoms with Crippen LogP contribution in [0.25, 0.3) is 0 Å². The SMILES string of the molecule is CC(=O)c1ccc(NC(=O)c2cc(C)nc(Nc3cccc(C(C)=O)c3)n2)cc1. The van der Waals surface area contributed by atoms with Gasteiger partial charge in [0.25, 0.3) is 5.91 Å². The molecule has 1 aromatic heterocycles. The molecule has 2 aromatic carbocycles. The first-order valence-corrected chi connectivity index (χ1v) is 8.98. The number of nitrogens with zero attached hydrogens (tertiary/aromatic N) is 2. The summed E-state index contributed by atoms with van der Waals surface area (Å²) in [5, 5.41) is 5.78. The summed E-state index contributed by atoms with van der Waals surface area (Å²) in [4.78, 5) is 44.1. The highest BCUT2D eigenvalue weighted by Gasteiger charge is 2.12. The lowest BCUT2D eigenvalue weighted by atomic mass is 10.1. The predicted octanol–water partition coefficient (Wildman–Crippen LogP) is 4.19. The number of hydrogen-bond donors (Lipinski definition) is 2. The summed E-state index contributed by atoms with van der Waals surface area (Å²) < 4.78 is 0. The molecule has 0 radical (unpaired) electrons. The maximum absolute atomic E-state index is 12.6. The van der Waals surface area contributed by atoms with E-state index in [-0.39, 0.29) is 23.2 Å². The highest BCUT2D eigenvalue weighted by molar-refractivity contribution is 6.03. The van der Waals surface area contributed by atoms with E-state index < -0.39 is 5.91 Å². The van der Waals surface area contributed by atoms with Crippen molar-refractivity contribution in [2.24, 2.45) is 0 Å². The first-order valence-electron chi connectivity index (χ1n) is 8.98. The molecule has 2 N–H and O–H groups in total. The summed E-state index contributed by atoms with van der Waals surface area (Å²) >= 11 is 0. The minimum atomic E-state index is -0.397. The molecule has 7 nitrogen and oxygen atoms in total. The quantitative estimate of drug-likeness (QED) is 0.614. The summed E-state index contributed by atoms with van der Waals surface area (Å²) in [5.41, 5.74) is 3.14. The fourth-order valence-corrected chi connectivity index (χ4v) is 2.67. The van der Waals surface area contributed by atoms with Crippen LogP contribution in [0.3, 0.4) is 0 Å². The Kier molecular flexibility index (Phi) is 5.78. The molecule has 0 spiro atoms. The molecule has 3 rings (SSSR count). The van der Waals surface area contributed by atoms with Crippen LogP contribution in [0, 0.1) is 6.92 Å². The van der Waals surface area contributed by atoms with E-state index in [4.69, 9.17) is 0 Å². The molecule has 0 fully saturated rings. The fourth-order valence-electron chi connectivity index (χ4n) is 2.67. The number of rotatable bonds is 6. The number of anilines is 3. The van der Waals surface area contributed by atoms with Crippen molar-refractivity contribution in [1.29, 1.82) is 0 Å². The van der Waals surface area contributed by atoms with Gasteiger partial charge in [-0.3, -0.25) is 14.4 Å². The number of amides is 1. The van der Waals surface area contributed by atoms with Crippen LogP contribution in [0.2, 0.25) is 0 Å². The highest BCUT2D eigenvalue weighted by atomic mass is 16.2.